The molecule has 246 valence electrons. The van der Waals surface area contributed by atoms with Crippen molar-refractivity contribution in [3.63, 3.8) is 0 Å². The summed E-state index contributed by atoms with van der Waals surface area (Å²) in [5.41, 5.74) is 19.1. The summed E-state index contributed by atoms with van der Waals surface area (Å²) in [4.78, 5) is 0. The summed E-state index contributed by atoms with van der Waals surface area (Å²) in [7, 11) is 0. The molecule has 0 bridgehead atoms. The topological polar surface area (TPSA) is 0 Å². The molecule has 0 saturated heterocycles. The lowest BCUT2D eigenvalue weighted by Crippen LogP contribution is -2.29. The zero-order valence-electron chi connectivity index (χ0n) is 30.1. The molecule has 0 aliphatic heterocycles. The molecule has 0 heterocycles. The van der Waals surface area contributed by atoms with Crippen molar-refractivity contribution in [2.24, 2.45) is 0 Å². The maximum atomic E-state index is 2.63. The fraction of sp³-hybridized carbons (Fsp3) is 0.176. The zero-order chi connectivity index (χ0) is 34.6. The van der Waals surface area contributed by atoms with Gasteiger partial charge in [0.05, 0.1) is 0 Å². The normalized spacial score (nSPS) is 19.9. The summed E-state index contributed by atoms with van der Waals surface area (Å²) in [6.45, 7) is 11.7. The van der Waals surface area contributed by atoms with Gasteiger partial charge in [-0.1, -0.05) is 158 Å². The Labute approximate surface area is 301 Å². The molecule has 0 heteroatoms. The van der Waals surface area contributed by atoms with Crippen LogP contribution in [0.1, 0.15) is 72.1 Å². The van der Waals surface area contributed by atoms with E-state index < -0.39 is 0 Å². The van der Waals surface area contributed by atoms with E-state index in [9.17, 15) is 0 Å². The van der Waals surface area contributed by atoms with Gasteiger partial charge in [0.25, 0.3) is 0 Å². The van der Waals surface area contributed by atoms with E-state index in [4.69, 9.17) is 0 Å². The van der Waals surface area contributed by atoms with Gasteiger partial charge in [0, 0.05) is 16.7 Å². The zero-order valence-corrected chi connectivity index (χ0v) is 30.1. The minimum absolute atomic E-state index is 0.0837. The predicted octanol–water partition coefficient (Wildman–Crippen LogP) is 13.4. The first-order valence-corrected chi connectivity index (χ1v) is 18.5. The second kappa shape index (κ2) is 10.8. The van der Waals surface area contributed by atoms with Gasteiger partial charge in [-0.2, -0.15) is 0 Å². The van der Waals surface area contributed by atoms with Crippen molar-refractivity contribution in [1.29, 1.82) is 0 Å². The van der Waals surface area contributed by atoms with E-state index in [-0.39, 0.29) is 16.7 Å². The second-order valence-corrected chi connectivity index (χ2v) is 16.0. The number of fused-ring (bicyclic) bond motifs is 8. The Morgan fingerprint density at radius 2 is 1.06 bits per heavy atom. The van der Waals surface area contributed by atoms with E-state index in [1.54, 1.807) is 5.57 Å². The predicted molar refractivity (Wildman–Crippen MR) is 217 cm³/mol. The van der Waals surface area contributed by atoms with Gasteiger partial charge in [-0.25, -0.2) is 0 Å². The molecule has 3 aliphatic carbocycles. The Balaban J connectivity index is 1.18. The molecule has 0 saturated carbocycles. The number of aryl methyl sites for hydroxylation is 2. The summed E-state index contributed by atoms with van der Waals surface area (Å²) in [6, 6.07) is 53.4. The maximum Gasteiger partial charge on any atom is 0.0404 e. The molecule has 51 heavy (non-hydrogen) atoms. The van der Waals surface area contributed by atoms with Crippen LogP contribution in [0.25, 0.3) is 49.4 Å². The molecule has 10 rings (SSSR count). The van der Waals surface area contributed by atoms with E-state index in [0.717, 1.165) is 6.42 Å². The van der Waals surface area contributed by atoms with Gasteiger partial charge in [-0.05, 0) is 128 Å². The molecule has 0 amide bonds. The number of allylic oxidation sites excluding steroid dienone is 4. The van der Waals surface area contributed by atoms with Gasteiger partial charge in [0.1, 0.15) is 0 Å². The summed E-state index contributed by atoms with van der Waals surface area (Å²) in [6.07, 6.45) is 3.61. The molecule has 0 nitrogen and oxygen atoms in total. The lowest BCUT2D eigenvalue weighted by atomic mass is 9.64. The first-order valence-electron chi connectivity index (χ1n) is 18.5. The second-order valence-electron chi connectivity index (χ2n) is 16.0. The molecule has 7 aromatic rings. The van der Waals surface area contributed by atoms with Crippen LogP contribution >= 0.6 is 0 Å². The van der Waals surface area contributed by atoms with Gasteiger partial charge in [0.2, 0.25) is 0 Å². The van der Waals surface area contributed by atoms with Crippen LogP contribution in [-0.4, -0.2) is 0 Å². The Hall–Kier alpha value is -5.46. The first kappa shape index (κ1) is 30.4. The highest BCUT2D eigenvalue weighted by atomic mass is 14.5. The van der Waals surface area contributed by atoms with Gasteiger partial charge in [-0.15, -0.1) is 0 Å². The highest BCUT2D eigenvalue weighted by Crippen LogP contribution is 2.62. The lowest BCUT2D eigenvalue weighted by Gasteiger charge is -2.38. The van der Waals surface area contributed by atoms with E-state index in [1.807, 2.05) is 0 Å². The van der Waals surface area contributed by atoms with Crippen molar-refractivity contribution < 1.29 is 0 Å². The highest BCUT2D eigenvalue weighted by Gasteiger charge is 2.49. The van der Waals surface area contributed by atoms with Crippen LogP contribution in [0.5, 0.6) is 0 Å². The number of benzene rings is 7. The Kier molecular flexibility index (Phi) is 6.41. The molecule has 0 aromatic heterocycles. The largest absolute Gasteiger partial charge is 0.0720 e. The third-order valence-corrected chi connectivity index (χ3v) is 12.6. The quantitative estimate of drug-likeness (QED) is 0.178. The molecular weight excluding hydrogens is 613 g/mol. The van der Waals surface area contributed by atoms with Crippen LogP contribution in [0.15, 0.2) is 157 Å². The van der Waals surface area contributed by atoms with Crippen molar-refractivity contribution in [1.82, 2.24) is 0 Å². The molecule has 0 radical (unpaired) electrons. The molecule has 2 atom stereocenters. The van der Waals surface area contributed by atoms with Crippen molar-refractivity contribution in [3.05, 3.63) is 196 Å². The molecule has 7 aromatic carbocycles. The fourth-order valence-corrected chi connectivity index (χ4v) is 9.88. The minimum atomic E-state index is -0.278. The third kappa shape index (κ3) is 4.39. The van der Waals surface area contributed by atoms with Gasteiger partial charge in [-0.3, -0.25) is 0 Å². The lowest BCUT2D eigenvalue weighted by molar-refractivity contribution is 0.605. The van der Waals surface area contributed by atoms with Gasteiger partial charge < -0.3 is 0 Å². The third-order valence-electron chi connectivity index (χ3n) is 12.6. The van der Waals surface area contributed by atoms with Crippen molar-refractivity contribution >= 4 is 27.1 Å². The number of hydrogen-bond donors (Lipinski definition) is 0. The highest BCUT2D eigenvalue weighted by molar-refractivity contribution is 5.97. The van der Waals surface area contributed by atoms with Gasteiger partial charge >= 0.3 is 0 Å². The Bertz CT molecular complexity index is 2680. The summed E-state index contributed by atoms with van der Waals surface area (Å²) in [5.74, 6) is 0.284. The standard InChI is InChI=1S/C51H42/c1-31-14-16-35-26-37(20-18-33(35)24-31)39-22-23-46-43(28-39)41-10-6-9-13-45(41)51(46,5)48-30-40(38-21-19-34-25-32(2)15-17-36(34)27-38)29-47-49(48)42-11-7-8-12-44(42)50(47,3)4/h6-29,40H,30H2,1-5H3. The number of hydrogen-bond acceptors (Lipinski definition) is 0. The monoisotopic (exact) mass is 654 g/mol. The first-order chi connectivity index (χ1) is 24.7. The van der Waals surface area contributed by atoms with Crippen LogP contribution in [0.4, 0.5) is 0 Å². The van der Waals surface area contributed by atoms with E-state index in [0.29, 0.717) is 0 Å². The summed E-state index contributed by atoms with van der Waals surface area (Å²) < 4.78 is 0. The molecule has 0 spiro atoms. The summed E-state index contributed by atoms with van der Waals surface area (Å²) >= 11 is 0. The maximum absolute atomic E-state index is 2.63. The van der Waals surface area contributed by atoms with Crippen LogP contribution in [-0.2, 0) is 10.8 Å². The minimum Gasteiger partial charge on any atom is -0.0720 e. The Morgan fingerprint density at radius 3 is 1.82 bits per heavy atom. The van der Waals surface area contributed by atoms with E-state index >= 15 is 0 Å². The van der Waals surface area contributed by atoms with Crippen molar-refractivity contribution in [2.75, 3.05) is 0 Å². The van der Waals surface area contributed by atoms with Crippen molar-refractivity contribution in [3.8, 4) is 22.3 Å². The van der Waals surface area contributed by atoms with Crippen LogP contribution in [0, 0.1) is 13.8 Å². The smallest absolute Gasteiger partial charge is 0.0404 e. The average molecular weight is 655 g/mol. The van der Waals surface area contributed by atoms with E-state index in [2.05, 4.69) is 180 Å². The van der Waals surface area contributed by atoms with Gasteiger partial charge in [0.15, 0.2) is 0 Å². The van der Waals surface area contributed by atoms with Crippen LogP contribution < -0.4 is 0 Å². The fourth-order valence-electron chi connectivity index (χ4n) is 9.88. The van der Waals surface area contributed by atoms with E-state index in [1.165, 1.54) is 93.9 Å². The van der Waals surface area contributed by atoms with Crippen molar-refractivity contribution in [2.45, 2.75) is 57.8 Å². The van der Waals surface area contributed by atoms with Crippen LogP contribution in [0.2, 0.25) is 0 Å². The molecule has 0 N–H and O–H groups in total. The molecule has 0 fully saturated rings. The van der Waals surface area contributed by atoms with Crippen LogP contribution in [0.3, 0.4) is 0 Å². The molecule has 3 aliphatic rings. The molecular formula is C51H42. The summed E-state index contributed by atoms with van der Waals surface area (Å²) in [5, 5.41) is 5.22. The average Bonchev–Trinajstić information content (AvgIpc) is 3.55. The SMILES string of the molecule is Cc1ccc2cc(-c3ccc4c(c3)-c3ccccc3C4(C)C3=C4C(=CC(c5ccc6cc(C)ccc6c5)C3)C(C)(C)c3ccccc34)ccc2c1. The Morgan fingerprint density at radius 1 is 0.490 bits per heavy atom. The number of rotatable bonds is 3. The molecule has 2 unspecified atom stereocenters.